The zero-order valence-corrected chi connectivity index (χ0v) is 43.3. The van der Waals surface area contributed by atoms with Gasteiger partial charge in [0, 0.05) is 65.8 Å². The van der Waals surface area contributed by atoms with Crippen LogP contribution in [0.3, 0.4) is 0 Å². The van der Waals surface area contributed by atoms with Gasteiger partial charge >= 0.3 is 6.72 Å². The van der Waals surface area contributed by atoms with E-state index in [-0.39, 0.29) is 103 Å². The second-order valence-corrected chi connectivity index (χ2v) is 20.6. The van der Waals surface area contributed by atoms with Gasteiger partial charge in [-0.25, -0.2) is 0 Å². The molecule has 71 heavy (non-hydrogen) atoms. The van der Waals surface area contributed by atoms with E-state index in [1.54, 1.807) is 25.7 Å². The number of nitrogens with one attached hydrogen (secondary N) is 5. The fourth-order valence-electron chi connectivity index (χ4n) is 7.16. The highest BCUT2D eigenvalue weighted by Crippen LogP contribution is 2.47. The summed E-state index contributed by atoms with van der Waals surface area (Å²) >= 11 is 5.07. The quantitative estimate of drug-likeness (QED) is 0.0213. The molecule has 12 N–H and O–H groups in total. The topological polar surface area (TPSA) is 364 Å². The van der Waals surface area contributed by atoms with Gasteiger partial charge in [-0.1, -0.05) is 6.42 Å². The van der Waals surface area contributed by atoms with E-state index in [1.807, 2.05) is 0 Å². The molecule has 11 atom stereocenters. The molecule has 0 radical (unpaired) electrons. The number of aliphatic hydroxyl groups excluding tert-OH is 6. The summed E-state index contributed by atoms with van der Waals surface area (Å²) in [5.74, 6) is -1.62. The summed E-state index contributed by atoms with van der Waals surface area (Å²) in [6.07, 6.45) is -7.60. The third-order valence-electron chi connectivity index (χ3n) is 10.6. The van der Waals surface area contributed by atoms with E-state index in [2.05, 4.69) is 26.6 Å². The number of hydrogen-bond donors (Lipinski definition) is 12. The van der Waals surface area contributed by atoms with Crippen molar-refractivity contribution in [2.24, 2.45) is 0 Å². The van der Waals surface area contributed by atoms with Gasteiger partial charge in [-0.15, -0.1) is 0 Å². The molecular formula is C43H81N6O20PS. The second kappa shape index (κ2) is 34.8. The summed E-state index contributed by atoms with van der Waals surface area (Å²) in [6, 6.07) is -2.15. The molecule has 2 aliphatic rings. The Morgan fingerprint density at radius 3 is 1.61 bits per heavy atom. The van der Waals surface area contributed by atoms with E-state index in [0.717, 1.165) is 0 Å². The number of carbonyl (C=O) groups excluding carboxylic acids is 5. The molecule has 0 spiro atoms. The largest absolute Gasteiger partial charge is 0.394 e. The van der Waals surface area contributed by atoms with Crippen LogP contribution in [0.1, 0.15) is 79.6 Å². The Hall–Kier alpha value is -2.64. The number of rotatable bonds is 36. The fraction of sp³-hybridized carbons (Fsp3) is 0.884. The molecule has 0 bridgehead atoms. The van der Waals surface area contributed by atoms with Crippen molar-refractivity contribution in [3.8, 4) is 0 Å². The van der Waals surface area contributed by atoms with Crippen LogP contribution in [0.25, 0.3) is 0 Å². The van der Waals surface area contributed by atoms with Gasteiger partial charge in [-0.05, 0) is 58.4 Å². The minimum absolute atomic E-state index is 0.00500. The first kappa shape index (κ1) is 64.5. The molecule has 2 aliphatic heterocycles. The number of unbranched alkanes of at least 4 members (excludes halogenated alkanes) is 2. The summed E-state index contributed by atoms with van der Waals surface area (Å²) in [6.45, 7) is 5.54. The number of hydrogen-bond acceptors (Lipinski definition) is 21. The molecule has 0 aromatic carbocycles. The standard InChI is InChI=1S/C43H81N6O20PS/c1-28(52)47-35-39(59)37(57)30(26-50)67-41(35)64-24-22-62-20-15-45-32(54)11-14-44-13-9-17-49(34(56)10-7-6-8-19-66-70(61,71)69-43(3,4)5)18-12-33(55)46-16-21-63-23-25-65-42-36(48-29(2)53)40(60)38(58)31(27-51)68-42/h30-31,35-42,44,50-51,57-60H,6-27H2,1-5H3,(H,45,54)(H,46,55)(H,47,52)(H,48,53)(H,61,71). The molecule has 5 amide bonds. The average molecular weight is 1070 g/mol. The third-order valence-corrected chi connectivity index (χ3v) is 12.4. The van der Waals surface area contributed by atoms with Crippen LogP contribution < -0.4 is 26.6 Å². The van der Waals surface area contributed by atoms with Crippen molar-refractivity contribution in [3.63, 3.8) is 0 Å². The van der Waals surface area contributed by atoms with Crippen LogP contribution in [0.5, 0.6) is 0 Å². The van der Waals surface area contributed by atoms with Crippen molar-refractivity contribution in [2.45, 2.75) is 146 Å². The lowest BCUT2D eigenvalue weighted by atomic mass is 9.97. The number of nitrogens with zero attached hydrogens (tertiary/aromatic N) is 1. The Labute approximate surface area is 420 Å². The maximum absolute atomic E-state index is 13.3. The summed E-state index contributed by atoms with van der Waals surface area (Å²) in [4.78, 5) is 73.6. The van der Waals surface area contributed by atoms with Gasteiger partial charge in [0.25, 0.3) is 0 Å². The van der Waals surface area contributed by atoms with Crippen LogP contribution in [0, 0.1) is 0 Å². The maximum Gasteiger partial charge on any atom is 0.325 e. The first-order valence-electron chi connectivity index (χ1n) is 24.0. The highest BCUT2D eigenvalue weighted by molar-refractivity contribution is 8.07. The monoisotopic (exact) mass is 1060 g/mol. The molecule has 2 rings (SSSR count). The zero-order chi connectivity index (χ0) is 53.0. The fourth-order valence-corrected chi connectivity index (χ4v) is 9.16. The van der Waals surface area contributed by atoms with Crippen molar-refractivity contribution < 1.29 is 97.0 Å². The molecule has 2 fully saturated rings. The second-order valence-electron chi connectivity index (χ2n) is 17.8. The van der Waals surface area contributed by atoms with Crippen LogP contribution in [0.15, 0.2) is 0 Å². The smallest absolute Gasteiger partial charge is 0.325 e. The van der Waals surface area contributed by atoms with Crippen LogP contribution in [-0.4, -0.2) is 236 Å². The van der Waals surface area contributed by atoms with Crippen molar-refractivity contribution >= 4 is 48.1 Å². The molecule has 2 heterocycles. The van der Waals surface area contributed by atoms with E-state index in [4.69, 9.17) is 49.3 Å². The van der Waals surface area contributed by atoms with Crippen LogP contribution in [0.4, 0.5) is 0 Å². The maximum atomic E-state index is 13.3. The lowest BCUT2D eigenvalue weighted by Crippen LogP contribution is -2.64. The molecule has 2 saturated heterocycles. The molecule has 0 aromatic heterocycles. The first-order valence-corrected chi connectivity index (χ1v) is 26.6. The van der Waals surface area contributed by atoms with Gasteiger partial charge in [0.05, 0.1) is 65.1 Å². The lowest BCUT2D eigenvalue weighted by Gasteiger charge is -2.42. The van der Waals surface area contributed by atoms with Gasteiger partial charge in [-0.2, -0.15) is 0 Å². The summed E-state index contributed by atoms with van der Waals surface area (Å²) in [5, 5.41) is 73.6. The highest BCUT2D eigenvalue weighted by atomic mass is 32.5. The number of aliphatic hydroxyl groups is 6. The van der Waals surface area contributed by atoms with Gasteiger partial charge in [-0.3, -0.25) is 24.0 Å². The van der Waals surface area contributed by atoms with E-state index >= 15 is 0 Å². The minimum Gasteiger partial charge on any atom is -0.394 e. The Morgan fingerprint density at radius 1 is 0.620 bits per heavy atom. The predicted molar refractivity (Wildman–Crippen MR) is 255 cm³/mol. The Kier molecular flexibility index (Phi) is 31.6. The summed E-state index contributed by atoms with van der Waals surface area (Å²) < 4.78 is 44.1. The minimum atomic E-state index is -3.40. The average Bonchev–Trinajstić information content (AvgIpc) is 3.29. The van der Waals surface area contributed by atoms with E-state index < -0.39 is 98.6 Å². The molecule has 28 heteroatoms. The molecule has 0 saturated carbocycles. The lowest BCUT2D eigenvalue weighted by molar-refractivity contribution is -0.272. The normalized spacial score (nSPS) is 25.5. The van der Waals surface area contributed by atoms with E-state index in [9.17, 15) is 59.5 Å². The molecule has 0 aliphatic carbocycles. The van der Waals surface area contributed by atoms with Crippen LogP contribution >= 0.6 is 6.72 Å². The van der Waals surface area contributed by atoms with Crippen molar-refractivity contribution in [1.82, 2.24) is 31.5 Å². The summed E-state index contributed by atoms with van der Waals surface area (Å²) in [5.41, 5.74) is -0.665. The number of amides is 5. The van der Waals surface area contributed by atoms with Gasteiger partial charge in [0.2, 0.25) is 29.5 Å². The Morgan fingerprint density at radius 2 is 1.13 bits per heavy atom. The van der Waals surface area contributed by atoms with Crippen molar-refractivity contribution in [3.05, 3.63) is 0 Å². The molecular weight excluding hydrogens is 984 g/mol. The van der Waals surface area contributed by atoms with Crippen molar-refractivity contribution in [2.75, 3.05) is 98.7 Å². The van der Waals surface area contributed by atoms with E-state index in [0.29, 0.717) is 45.3 Å². The Bertz CT molecular complexity index is 1620. The van der Waals surface area contributed by atoms with Crippen molar-refractivity contribution in [1.29, 1.82) is 0 Å². The molecule has 0 aromatic rings. The molecule has 11 unspecified atom stereocenters. The SMILES string of the molecule is CC(=O)NC1C(OCCOCCNC(=O)CCNCCCN(CCC(=O)NCCOCCOC2OC(CO)C(O)C(O)C2NC(C)=O)C(=O)CCCCCOP(O)(=S)OC(C)(C)C)OC(CO)C(O)C1O. The highest BCUT2D eigenvalue weighted by Gasteiger charge is 2.46. The van der Waals surface area contributed by atoms with Gasteiger partial charge < -0.3 is 104 Å². The van der Waals surface area contributed by atoms with Crippen LogP contribution in [-0.2, 0) is 73.2 Å². The van der Waals surface area contributed by atoms with Gasteiger partial charge in [0.15, 0.2) is 12.6 Å². The van der Waals surface area contributed by atoms with Crippen LogP contribution in [0.2, 0.25) is 0 Å². The number of carbonyl (C=O) groups is 5. The first-order chi connectivity index (χ1) is 33.6. The zero-order valence-electron chi connectivity index (χ0n) is 41.6. The number of ether oxygens (including phenoxy) is 6. The predicted octanol–water partition coefficient (Wildman–Crippen LogP) is -3.63. The van der Waals surface area contributed by atoms with E-state index in [1.165, 1.54) is 13.8 Å². The Balaban J connectivity index is 1.72. The summed E-state index contributed by atoms with van der Waals surface area (Å²) in [7, 11) is 0. The molecule has 26 nitrogen and oxygen atoms in total. The molecule has 414 valence electrons. The van der Waals surface area contributed by atoms with Gasteiger partial charge in [0.1, 0.15) is 48.7 Å². The third kappa shape index (κ3) is 26.9.